The number of aromatic nitrogens is 1. The molecule has 1 aliphatic heterocycles. The number of nitrogens with zero attached hydrogens (tertiary/aromatic N) is 1. The van der Waals surface area contributed by atoms with Crippen LogP contribution in [0.1, 0.15) is 45.2 Å². The van der Waals surface area contributed by atoms with Gasteiger partial charge in [0.15, 0.2) is 5.60 Å². The van der Waals surface area contributed by atoms with Gasteiger partial charge in [-0.05, 0) is 75.8 Å². The van der Waals surface area contributed by atoms with Crippen LogP contribution in [0.3, 0.4) is 0 Å². The summed E-state index contributed by atoms with van der Waals surface area (Å²) < 4.78 is 6.09. The van der Waals surface area contributed by atoms with Gasteiger partial charge in [0, 0.05) is 28.8 Å². The zero-order valence-corrected chi connectivity index (χ0v) is 19.3. The zero-order valence-electron chi connectivity index (χ0n) is 18.5. The normalized spacial score (nSPS) is 14.0. The maximum Gasteiger partial charge on any atom is 0.263 e. The van der Waals surface area contributed by atoms with E-state index in [1.807, 2.05) is 18.2 Å². The summed E-state index contributed by atoms with van der Waals surface area (Å²) in [5, 5.41) is 4.01. The van der Waals surface area contributed by atoms with E-state index in [0.29, 0.717) is 12.3 Å². The molecular formula is C23H33N3O3S. The number of hydrogen-bond donors (Lipinski definition) is 2. The van der Waals surface area contributed by atoms with E-state index in [2.05, 4.69) is 29.0 Å². The standard InChI is InChI=1S/C23H33N3O3S/c1-5-26(6-2)12-7-11-24-22(28)23(3,4)29-16-8-9-20-18(14-16)17-10-13-30-15-19(17)21(27)25-20/h8-9,14H,5-7,10-13,15H2,1-4H3,(H,24,28)(H,25,27). The first-order chi connectivity index (χ1) is 14.4. The third-order valence-electron chi connectivity index (χ3n) is 5.70. The molecule has 0 saturated carbocycles. The van der Waals surface area contributed by atoms with Crippen LogP contribution in [0.4, 0.5) is 0 Å². The third kappa shape index (κ3) is 5.19. The number of H-pyrrole nitrogens is 1. The number of thioether (sulfide) groups is 1. The number of rotatable bonds is 9. The summed E-state index contributed by atoms with van der Waals surface area (Å²) in [6, 6.07) is 5.64. The maximum absolute atomic E-state index is 12.7. The Labute approximate surface area is 182 Å². The lowest BCUT2D eigenvalue weighted by Gasteiger charge is -2.26. The second kappa shape index (κ2) is 9.88. The van der Waals surface area contributed by atoms with Crippen molar-refractivity contribution in [1.82, 2.24) is 15.2 Å². The van der Waals surface area contributed by atoms with Crippen LogP contribution < -0.4 is 15.6 Å². The van der Waals surface area contributed by atoms with E-state index in [9.17, 15) is 9.59 Å². The first-order valence-electron chi connectivity index (χ1n) is 10.8. The number of ether oxygens (including phenoxy) is 1. The fourth-order valence-electron chi connectivity index (χ4n) is 3.83. The summed E-state index contributed by atoms with van der Waals surface area (Å²) in [5.41, 5.74) is 1.80. The first kappa shape index (κ1) is 22.7. The molecule has 7 heteroatoms. The maximum atomic E-state index is 12.7. The lowest BCUT2D eigenvalue weighted by atomic mass is 10.0. The quantitative estimate of drug-likeness (QED) is 0.596. The number of fused-ring (bicyclic) bond motifs is 3. The molecule has 0 bridgehead atoms. The average Bonchev–Trinajstić information content (AvgIpc) is 2.74. The van der Waals surface area contributed by atoms with Crippen LogP contribution in [0.25, 0.3) is 10.9 Å². The zero-order chi connectivity index (χ0) is 21.7. The van der Waals surface area contributed by atoms with E-state index < -0.39 is 5.60 Å². The molecule has 0 fully saturated rings. The monoisotopic (exact) mass is 431 g/mol. The highest BCUT2D eigenvalue weighted by Gasteiger charge is 2.30. The van der Waals surface area contributed by atoms with Gasteiger partial charge in [0.1, 0.15) is 5.75 Å². The molecular weight excluding hydrogens is 398 g/mol. The van der Waals surface area contributed by atoms with Crippen molar-refractivity contribution < 1.29 is 9.53 Å². The minimum absolute atomic E-state index is 0.00258. The van der Waals surface area contributed by atoms with Crippen molar-refractivity contribution in [1.29, 1.82) is 0 Å². The van der Waals surface area contributed by atoms with Gasteiger partial charge in [0.25, 0.3) is 11.5 Å². The highest BCUT2D eigenvalue weighted by molar-refractivity contribution is 7.98. The van der Waals surface area contributed by atoms with Gasteiger partial charge in [-0.2, -0.15) is 11.8 Å². The van der Waals surface area contributed by atoms with Crippen molar-refractivity contribution in [2.45, 2.75) is 51.9 Å². The number of carbonyl (C=O) groups is 1. The van der Waals surface area contributed by atoms with Gasteiger partial charge in [0.05, 0.1) is 0 Å². The molecule has 0 saturated heterocycles. The van der Waals surface area contributed by atoms with Gasteiger partial charge in [0.2, 0.25) is 0 Å². The van der Waals surface area contributed by atoms with Crippen molar-refractivity contribution in [2.75, 3.05) is 31.9 Å². The number of benzene rings is 1. The molecule has 30 heavy (non-hydrogen) atoms. The van der Waals surface area contributed by atoms with Crippen LogP contribution in [0.15, 0.2) is 23.0 Å². The molecule has 164 valence electrons. The summed E-state index contributed by atoms with van der Waals surface area (Å²) in [6.45, 7) is 11.5. The molecule has 0 spiro atoms. The lowest BCUT2D eigenvalue weighted by Crippen LogP contribution is -2.47. The number of pyridine rings is 1. The molecule has 1 aliphatic rings. The number of carbonyl (C=O) groups excluding carboxylic acids is 1. The van der Waals surface area contributed by atoms with Crippen molar-refractivity contribution >= 4 is 28.6 Å². The van der Waals surface area contributed by atoms with Crippen molar-refractivity contribution in [3.05, 3.63) is 39.7 Å². The lowest BCUT2D eigenvalue weighted by molar-refractivity contribution is -0.134. The molecule has 0 atom stereocenters. The Morgan fingerprint density at radius 2 is 2.03 bits per heavy atom. The van der Waals surface area contributed by atoms with Crippen molar-refractivity contribution in [3.63, 3.8) is 0 Å². The van der Waals surface area contributed by atoms with Crippen LogP contribution in [0.2, 0.25) is 0 Å². The Kier molecular flexibility index (Phi) is 7.47. The summed E-state index contributed by atoms with van der Waals surface area (Å²) in [6.07, 6.45) is 1.79. The molecule has 0 aliphatic carbocycles. The molecule has 2 heterocycles. The molecule has 0 radical (unpaired) electrons. The van der Waals surface area contributed by atoms with E-state index in [1.165, 1.54) is 0 Å². The van der Waals surface area contributed by atoms with Gasteiger partial charge in [-0.15, -0.1) is 0 Å². The van der Waals surface area contributed by atoms with E-state index in [-0.39, 0.29) is 11.5 Å². The summed E-state index contributed by atoms with van der Waals surface area (Å²) in [4.78, 5) is 30.3. The Hall–Kier alpha value is -1.99. The number of hydrogen-bond acceptors (Lipinski definition) is 5. The van der Waals surface area contributed by atoms with Crippen molar-refractivity contribution in [2.24, 2.45) is 0 Å². The number of amides is 1. The predicted molar refractivity (Wildman–Crippen MR) is 125 cm³/mol. The molecule has 6 nitrogen and oxygen atoms in total. The average molecular weight is 432 g/mol. The third-order valence-corrected chi connectivity index (χ3v) is 6.68. The molecule has 1 aromatic carbocycles. The summed E-state index contributed by atoms with van der Waals surface area (Å²) >= 11 is 1.79. The van der Waals surface area contributed by atoms with Gasteiger partial charge in [-0.3, -0.25) is 9.59 Å². The van der Waals surface area contributed by atoms with E-state index in [0.717, 1.165) is 66.0 Å². The molecule has 1 aromatic heterocycles. The topological polar surface area (TPSA) is 74.4 Å². The minimum Gasteiger partial charge on any atom is -0.478 e. The van der Waals surface area contributed by atoms with Crippen LogP contribution in [0.5, 0.6) is 5.75 Å². The summed E-state index contributed by atoms with van der Waals surface area (Å²) in [7, 11) is 0. The van der Waals surface area contributed by atoms with Crippen LogP contribution in [-0.2, 0) is 17.0 Å². The van der Waals surface area contributed by atoms with Gasteiger partial charge in [-0.25, -0.2) is 0 Å². The second-order valence-electron chi connectivity index (χ2n) is 8.17. The van der Waals surface area contributed by atoms with E-state index in [1.54, 1.807) is 25.6 Å². The molecule has 2 aromatic rings. The Morgan fingerprint density at radius 1 is 1.27 bits per heavy atom. The first-order valence-corrected chi connectivity index (χ1v) is 12.0. The Balaban J connectivity index is 1.69. The van der Waals surface area contributed by atoms with Gasteiger partial charge >= 0.3 is 0 Å². The largest absolute Gasteiger partial charge is 0.478 e. The fraction of sp³-hybridized carbons (Fsp3) is 0.565. The van der Waals surface area contributed by atoms with Gasteiger partial charge in [-0.1, -0.05) is 13.8 Å². The number of aryl methyl sites for hydroxylation is 1. The van der Waals surface area contributed by atoms with E-state index >= 15 is 0 Å². The predicted octanol–water partition coefficient (Wildman–Crippen LogP) is 3.32. The Bertz CT molecular complexity index is 951. The van der Waals surface area contributed by atoms with Crippen LogP contribution >= 0.6 is 11.8 Å². The highest BCUT2D eigenvalue weighted by Crippen LogP contribution is 2.30. The fourth-order valence-corrected chi connectivity index (χ4v) is 4.83. The van der Waals surface area contributed by atoms with Crippen LogP contribution in [-0.4, -0.2) is 53.3 Å². The molecule has 2 N–H and O–H groups in total. The minimum atomic E-state index is -0.985. The van der Waals surface area contributed by atoms with Gasteiger partial charge < -0.3 is 19.9 Å². The Morgan fingerprint density at radius 3 is 2.77 bits per heavy atom. The number of nitrogens with one attached hydrogen (secondary N) is 2. The molecule has 0 unspecified atom stereocenters. The second-order valence-corrected chi connectivity index (χ2v) is 9.28. The van der Waals surface area contributed by atoms with E-state index in [4.69, 9.17) is 4.74 Å². The summed E-state index contributed by atoms with van der Waals surface area (Å²) in [5.74, 6) is 2.27. The number of aromatic amines is 1. The van der Waals surface area contributed by atoms with Crippen molar-refractivity contribution in [3.8, 4) is 5.75 Å². The molecule has 1 amide bonds. The SMILES string of the molecule is CCN(CC)CCCNC(=O)C(C)(C)Oc1ccc2[nH]c(=O)c3c(c2c1)CCSC3. The highest BCUT2D eigenvalue weighted by atomic mass is 32.2. The molecule has 3 rings (SSSR count). The van der Waals surface area contributed by atoms with Crippen LogP contribution in [0, 0.1) is 0 Å². The smallest absolute Gasteiger partial charge is 0.263 e.